The molecular formula is C28H28N4OS. The Balaban J connectivity index is 1.62. The molecule has 2 aromatic heterocycles. The molecule has 5 nitrogen and oxygen atoms in total. The number of rotatable bonds is 6. The Labute approximate surface area is 206 Å². The fourth-order valence-corrected chi connectivity index (χ4v) is 4.91. The first kappa shape index (κ1) is 22.2. The van der Waals surface area contributed by atoms with Gasteiger partial charge in [-0.2, -0.15) is 0 Å². The summed E-state index contributed by atoms with van der Waals surface area (Å²) in [6.07, 6.45) is 3.92. The van der Waals surface area contributed by atoms with Crippen LogP contribution in [0.25, 0.3) is 5.69 Å². The van der Waals surface area contributed by atoms with Crippen molar-refractivity contribution in [1.82, 2.24) is 14.9 Å². The molecule has 1 fully saturated rings. The van der Waals surface area contributed by atoms with Crippen molar-refractivity contribution in [2.24, 2.45) is 0 Å². The molecule has 0 bridgehead atoms. The molecule has 2 aromatic carbocycles. The zero-order valence-corrected chi connectivity index (χ0v) is 20.4. The average molecular weight is 469 g/mol. The van der Waals surface area contributed by atoms with Crippen LogP contribution in [0, 0.1) is 0 Å². The molecule has 6 heteroatoms. The molecule has 1 saturated heterocycles. The van der Waals surface area contributed by atoms with Crippen LogP contribution in [-0.4, -0.2) is 21.8 Å². The maximum Gasteiger partial charge on any atom is 0.174 e. The number of nitrogens with zero attached hydrogens (tertiary/aromatic N) is 3. The molecule has 0 spiro atoms. The zero-order valence-electron chi connectivity index (χ0n) is 19.6. The fraction of sp³-hybridized carbons (Fsp3) is 0.214. The second kappa shape index (κ2) is 9.31. The highest BCUT2D eigenvalue weighted by Gasteiger charge is 2.42. The van der Waals surface area contributed by atoms with E-state index in [4.69, 9.17) is 17.0 Å². The molecule has 5 rings (SSSR count). The summed E-state index contributed by atoms with van der Waals surface area (Å²) in [5.74, 6) is 1.31. The van der Waals surface area contributed by atoms with Gasteiger partial charge < -0.3 is 19.5 Å². The predicted octanol–water partition coefficient (Wildman–Crippen LogP) is 6.18. The van der Waals surface area contributed by atoms with E-state index < -0.39 is 0 Å². The van der Waals surface area contributed by atoms with E-state index >= 15 is 0 Å². The number of hydrogen-bond acceptors (Lipinski definition) is 3. The third-order valence-corrected chi connectivity index (χ3v) is 6.68. The molecule has 2 atom stereocenters. The Morgan fingerprint density at radius 2 is 1.65 bits per heavy atom. The van der Waals surface area contributed by atoms with Gasteiger partial charge in [0.1, 0.15) is 11.8 Å². The van der Waals surface area contributed by atoms with Crippen LogP contribution in [0.15, 0.2) is 91.3 Å². The summed E-state index contributed by atoms with van der Waals surface area (Å²) in [6.45, 7) is 4.41. The van der Waals surface area contributed by atoms with Crippen LogP contribution < -0.4 is 15.0 Å². The van der Waals surface area contributed by atoms with Gasteiger partial charge in [0, 0.05) is 29.5 Å². The molecular weight excluding hydrogens is 440 g/mol. The number of hydrogen-bond donors (Lipinski definition) is 1. The molecule has 1 aliphatic rings. The SMILES string of the molecule is COc1ccc(-n2cccc2C2C(c3ccccn3)NC(=S)N2c2ccc(C(C)C)cc2)cc1. The van der Waals surface area contributed by atoms with E-state index in [1.165, 1.54) is 5.56 Å². The van der Waals surface area contributed by atoms with Crippen LogP contribution >= 0.6 is 12.2 Å². The van der Waals surface area contributed by atoms with Crippen LogP contribution in [0.4, 0.5) is 5.69 Å². The number of ether oxygens (including phenoxy) is 1. The first-order chi connectivity index (χ1) is 16.6. The molecule has 0 amide bonds. The lowest BCUT2D eigenvalue weighted by molar-refractivity contribution is 0.414. The van der Waals surface area contributed by atoms with Crippen molar-refractivity contribution >= 4 is 23.0 Å². The number of thiocarbonyl (C=S) groups is 1. The summed E-state index contributed by atoms with van der Waals surface area (Å²) in [4.78, 5) is 6.89. The van der Waals surface area contributed by atoms with Gasteiger partial charge in [0.15, 0.2) is 5.11 Å². The molecule has 0 radical (unpaired) electrons. The number of benzene rings is 2. The van der Waals surface area contributed by atoms with E-state index in [-0.39, 0.29) is 12.1 Å². The van der Waals surface area contributed by atoms with Gasteiger partial charge in [-0.25, -0.2) is 0 Å². The van der Waals surface area contributed by atoms with Crippen LogP contribution in [-0.2, 0) is 0 Å². The van der Waals surface area contributed by atoms with Gasteiger partial charge in [-0.1, -0.05) is 32.0 Å². The smallest absolute Gasteiger partial charge is 0.174 e. The van der Waals surface area contributed by atoms with Gasteiger partial charge >= 0.3 is 0 Å². The minimum absolute atomic E-state index is 0.0793. The van der Waals surface area contributed by atoms with Gasteiger partial charge in [0.05, 0.1) is 18.8 Å². The average Bonchev–Trinajstić information content (AvgIpc) is 3.49. The summed E-state index contributed by atoms with van der Waals surface area (Å²) in [6, 6.07) is 26.9. The third kappa shape index (κ3) is 4.05. The van der Waals surface area contributed by atoms with Gasteiger partial charge in [-0.05, 0) is 84.4 Å². The van der Waals surface area contributed by atoms with E-state index in [0.717, 1.165) is 28.5 Å². The topological polar surface area (TPSA) is 42.3 Å². The number of nitrogens with one attached hydrogen (secondary N) is 1. The Hall–Kier alpha value is -3.64. The molecule has 0 aliphatic carbocycles. The van der Waals surface area contributed by atoms with Crippen molar-refractivity contribution in [3.8, 4) is 11.4 Å². The van der Waals surface area contributed by atoms with Crippen molar-refractivity contribution in [3.63, 3.8) is 0 Å². The van der Waals surface area contributed by atoms with E-state index in [9.17, 15) is 0 Å². The highest BCUT2D eigenvalue weighted by molar-refractivity contribution is 7.80. The second-order valence-electron chi connectivity index (χ2n) is 8.74. The Kier molecular flexibility index (Phi) is 6.07. The van der Waals surface area contributed by atoms with Crippen LogP contribution in [0.5, 0.6) is 5.75 Å². The van der Waals surface area contributed by atoms with Crippen molar-refractivity contribution in [2.45, 2.75) is 31.8 Å². The maximum absolute atomic E-state index is 5.89. The summed E-state index contributed by atoms with van der Waals surface area (Å²) in [7, 11) is 1.68. The van der Waals surface area contributed by atoms with Crippen molar-refractivity contribution in [1.29, 1.82) is 0 Å². The summed E-state index contributed by atoms with van der Waals surface area (Å²) in [5.41, 5.74) is 5.52. The number of aromatic nitrogens is 2. The van der Waals surface area contributed by atoms with Crippen LogP contribution in [0.3, 0.4) is 0 Å². The first-order valence-corrected chi connectivity index (χ1v) is 11.9. The highest BCUT2D eigenvalue weighted by Crippen LogP contribution is 2.42. The first-order valence-electron chi connectivity index (χ1n) is 11.5. The minimum Gasteiger partial charge on any atom is -0.497 e. The third-order valence-electron chi connectivity index (χ3n) is 6.37. The van der Waals surface area contributed by atoms with Gasteiger partial charge in [0.25, 0.3) is 0 Å². The van der Waals surface area contributed by atoms with Crippen LogP contribution in [0.2, 0.25) is 0 Å². The lowest BCUT2D eigenvalue weighted by Gasteiger charge is -2.29. The number of methoxy groups -OCH3 is 1. The van der Waals surface area contributed by atoms with E-state index in [2.05, 4.69) is 94.4 Å². The largest absolute Gasteiger partial charge is 0.497 e. The lowest BCUT2D eigenvalue weighted by Crippen LogP contribution is -2.30. The predicted molar refractivity (Wildman–Crippen MR) is 141 cm³/mol. The maximum atomic E-state index is 5.89. The van der Waals surface area contributed by atoms with Crippen molar-refractivity contribution < 1.29 is 4.74 Å². The molecule has 1 N–H and O–H groups in total. The molecule has 1 aliphatic heterocycles. The van der Waals surface area contributed by atoms with Gasteiger partial charge in [-0.3, -0.25) is 4.98 Å². The van der Waals surface area contributed by atoms with Crippen LogP contribution in [0.1, 0.15) is 48.8 Å². The zero-order chi connectivity index (χ0) is 23.7. The Morgan fingerprint density at radius 1 is 0.912 bits per heavy atom. The lowest BCUT2D eigenvalue weighted by atomic mass is 9.99. The Morgan fingerprint density at radius 3 is 2.29 bits per heavy atom. The van der Waals surface area contributed by atoms with Gasteiger partial charge in [0.2, 0.25) is 0 Å². The quantitative estimate of drug-likeness (QED) is 0.342. The van der Waals surface area contributed by atoms with Gasteiger partial charge in [-0.15, -0.1) is 0 Å². The molecule has 0 saturated carbocycles. The Bertz CT molecular complexity index is 1270. The second-order valence-corrected chi connectivity index (χ2v) is 9.13. The summed E-state index contributed by atoms with van der Waals surface area (Å²) < 4.78 is 7.57. The molecule has 4 aromatic rings. The van der Waals surface area contributed by atoms with E-state index in [1.807, 2.05) is 30.5 Å². The van der Waals surface area contributed by atoms with E-state index in [0.29, 0.717) is 11.0 Å². The van der Waals surface area contributed by atoms with Crippen molar-refractivity contribution in [2.75, 3.05) is 12.0 Å². The summed E-state index contributed by atoms with van der Waals surface area (Å²) in [5, 5.41) is 4.25. The monoisotopic (exact) mass is 468 g/mol. The highest BCUT2D eigenvalue weighted by atomic mass is 32.1. The summed E-state index contributed by atoms with van der Waals surface area (Å²) >= 11 is 5.89. The van der Waals surface area contributed by atoms with Crippen molar-refractivity contribution in [3.05, 3.63) is 108 Å². The minimum atomic E-state index is -0.0922. The molecule has 172 valence electrons. The number of anilines is 1. The normalized spacial score (nSPS) is 17.8. The number of pyridine rings is 1. The standard InChI is InChI=1S/C28H28N4OS/c1-19(2)20-9-11-22(12-10-20)32-27(26(30-28(32)34)24-7-4-5-17-29-24)25-8-6-18-31(25)21-13-15-23(33-3)16-14-21/h4-19,26-27H,1-3H3,(H,30,34). The molecule has 34 heavy (non-hydrogen) atoms. The van der Waals surface area contributed by atoms with E-state index in [1.54, 1.807) is 7.11 Å². The molecule has 3 heterocycles. The fourth-order valence-electron chi connectivity index (χ4n) is 4.57. The molecule has 2 unspecified atom stereocenters.